The van der Waals surface area contributed by atoms with E-state index in [0.717, 1.165) is 6.07 Å². The fourth-order valence-electron chi connectivity index (χ4n) is 3.17. The molecule has 0 aromatic heterocycles. The minimum atomic E-state index is -3.78. The molecule has 0 spiro atoms. The first kappa shape index (κ1) is 25.7. The van der Waals surface area contributed by atoms with E-state index in [1.165, 1.54) is 36.4 Å². The largest absolute Gasteiger partial charge is 0.507 e. The van der Waals surface area contributed by atoms with Gasteiger partial charge in [-0.25, -0.2) is 13.2 Å². The Morgan fingerprint density at radius 3 is 2.39 bits per heavy atom. The van der Waals surface area contributed by atoms with Crippen LogP contribution in [0.3, 0.4) is 0 Å². The molecule has 0 saturated heterocycles. The number of carboxylic acids is 1. The number of carboxylic acid groups (broad SMARTS) is 1. The molecule has 1 amide bonds. The van der Waals surface area contributed by atoms with Crippen LogP contribution in [0.2, 0.25) is 0 Å². The van der Waals surface area contributed by atoms with E-state index in [1.54, 1.807) is 30.3 Å². The fourth-order valence-corrected chi connectivity index (χ4v) is 4.35. The monoisotopic (exact) mass is 503 g/mol. The lowest BCUT2D eigenvalue weighted by atomic mass is 10.1. The van der Waals surface area contributed by atoms with Gasteiger partial charge in [0.2, 0.25) is 10.0 Å². The normalized spacial score (nSPS) is 10.4. The molecule has 0 atom stereocenters. The maximum absolute atomic E-state index is 12.6. The topological polar surface area (TPSA) is 157 Å². The van der Waals surface area contributed by atoms with Crippen molar-refractivity contribution in [1.29, 1.82) is 5.41 Å². The summed E-state index contributed by atoms with van der Waals surface area (Å²) in [5, 5.41) is 30.3. The summed E-state index contributed by atoms with van der Waals surface area (Å²) in [5.41, 5.74) is -0.119. The third-order valence-corrected chi connectivity index (χ3v) is 6.04. The van der Waals surface area contributed by atoms with Crippen molar-refractivity contribution in [3.8, 4) is 17.6 Å². The number of carbonyl (C=O) groups is 2. The fraction of sp³-hybridized carbons (Fsp3) is 0.0385. The molecule has 0 aliphatic heterocycles. The van der Waals surface area contributed by atoms with E-state index in [1.807, 2.05) is 0 Å². The molecule has 0 aliphatic rings. The second-order valence-electron chi connectivity index (χ2n) is 7.45. The minimum absolute atomic E-state index is 0.0461. The summed E-state index contributed by atoms with van der Waals surface area (Å²) >= 11 is 0. The van der Waals surface area contributed by atoms with Gasteiger partial charge in [0, 0.05) is 17.2 Å². The molecule has 36 heavy (non-hydrogen) atoms. The molecule has 0 bridgehead atoms. The molecule has 182 valence electrons. The van der Waals surface area contributed by atoms with Gasteiger partial charge in [0.05, 0.1) is 22.7 Å². The van der Waals surface area contributed by atoms with Crippen LogP contribution >= 0.6 is 0 Å². The first-order chi connectivity index (χ1) is 17.1. The zero-order valence-corrected chi connectivity index (χ0v) is 19.6. The van der Waals surface area contributed by atoms with Crippen molar-refractivity contribution in [1.82, 2.24) is 0 Å². The van der Waals surface area contributed by atoms with Gasteiger partial charge in [-0.05, 0) is 42.0 Å². The van der Waals surface area contributed by atoms with Crippen molar-refractivity contribution in [3.63, 3.8) is 0 Å². The molecule has 5 N–H and O–H groups in total. The number of allylic oxidation sites excluding steroid dienone is 1. The van der Waals surface area contributed by atoms with Gasteiger partial charge in [-0.1, -0.05) is 48.8 Å². The quantitative estimate of drug-likeness (QED) is 0.234. The SMILES string of the molecule is C=CC#Cc1ccc(NC(=O)C(=N)c2ccc(NS(=O)(=O)Cc3ccccc3)cc2O)c(C(=O)O)c1. The Hall–Kier alpha value is -4.88. The molecular formula is C26H21N3O6S. The van der Waals surface area contributed by atoms with Gasteiger partial charge in [0.1, 0.15) is 11.5 Å². The van der Waals surface area contributed by atoms with Crippen LogP contribution in [-0.2, 0) is 20.6 Å². The van der Waals surface area contributed by atoms with Crippen molar-refractivity contribution in [2.24, 2.45) is 0 Å². The number of phenolic OH excluding ortho intramolecular Hbond substituents is 1. The van der Waals surface area contributed by atoms with Gasteiger partial charge in [0.15, 0.2) is 0 Å². The van der Waals surface area contributed by atoms with Gasteiger partial charge in [0.25, 0.3) is 5.91 Å². The predicted molar refractivity (Wildman–Crippen MR) is 137 cm³/mol. The number of anilines is 2. The molecule has 0 heterocycles. The minimum Gasteiger partial charge on any atom is -0.507 e. The molecule has 9 nitrogen and oxygen atoms in total. The number of amides is 1. The second kappa shape index (κ2) is 11.0. The highest BCUT2D eigenvalue weighted by molar-refractivity contribution is 7.91. The van der Waals surface area contributed by atoms with E-state index in [9.17, 15) is 28.2 Å². The van der Waals surface area contributed by atoms with E-state index < -0.39 is 33.4 Å². The van der Waals surface area contributed by atoms with Crippen LogP contribution < -0.4 is 10.0 Å². The van der Waals surface area contributed by atoms with Crippen molar-refractivity contribution < 1.29 is 28.2 Å². The molecule has 0 radical (unpaired) electrons. The van der Waals surface area contributed by atoms with Gasteiger partial charge in [-0.2, -0.15) is 0 Å². The number of hydrogen-bond donors (Lipinski definition) is 5. The van der Waals surface area contributed by atoms with E-state index in [4.69, 9.17) is 5.41 Å². The standard InChI is InChI=1S/C26H21N3O6S/c1-2-3-7-17-10-13-22(21(14-17)26(32)33)28-25(31)24(27)20-12-11-19(15-23(20)30)29-36(34,35)16-18-8-5-4-6-9-18/h2,4-6,8-15,27,29-30H,1,16H2,(H,28,31)(H,32,33). The number of nitrogens with one attached hydrogen (secondary N) is 3. The van der Waals surface area contributed by atoms with Crippen LogP contribution in [0.15, 0.2) is 79.4 Å². The van der Waals surface area contributed by atoms with Gasteiger partial charge < -0.3 is 15.5 Å². The Balaban J connectivity index is 1.76. The highest BCUT2D eigenvalue weighted by Gasteiger charge is 2.20. The summed E-state index contributed by atoms with van der Waals surface area (Å²) in [6.07, 6.45) is 1.35. The number of hydrogen-bond acceptors (Lipinski definition) is 6. The molecule has 0 fully saturated rings. The third-order valence-electron chi connectivity index (χ3n) is 4.78. The molecule has 0 aliphatic carbocycles. The van der Waals surface area contributed by atoms with Gasteiger partial charge in [-0.15, -0.1) is 0 Å². The lowest BCUT2D eigenvalue weighted by Crippen LogP contribution is -2.24. The molecular weight excluding hydrogens is 482 g/mol. The lowest BCUT2D eigenvalue weighted by Gasteiger charge is -2.12. The van der Waals surface area contributed by atoms with Crippen LogP contribution in [0.5, 0.6) is 5.75 Å². The van der Waals surface area contributed by atoms with Crippen molar-refractivity contribution >= 4 is 39.0 Å². The summed E-state index contributed by atoms with van der Waals surface area (Å²) in [6, 6.07) is 16.2. The number of sulfonamides is 1. The summed E-state index contributed by atoms with van der Waals surface area (Å²) in [6.45, 7) is 3.46. The zero-order valence-electron chi connectivity index (χ0n) is 18.8. The number of rotatable bonds is 8. The predicted octanol–water partition coefficient (Wildman–Crippen LogP) is 3.58. The number of aromatic carboxylic acids is 1. The van der Waals surface area contributed by atoms with Gasteiger partial charge in [-0.3, -0.25) is 14.9 Å². The lowest BCUT2D eigenvalue weighted by molar-refractivity contribution is -0.110. The molecule has 0 saturated carbocycles. The molecule has 0 unspecified atom stereocenters. The highest BCUT2D eigenvalue weighted by atomic mass is 32.2. The average molecular weight is 504 g/mol. The van der Waals surface area contributed by atoms with E-state index in [-0.39, 0.29) is 28.3 Å². The molecule has 3 aromatic carbocycles. The summed E-state index contributed by atoms with van der Waals surface area (Å²) in [4.78, 5) is 24.2. The van der Waals surface area contributed by atoms with Crippen LogP contribution in [0.1, 0.15) is 27.0 Å². The van der Waals surface area contributed by atoms with E-state index >= 15 is 0 Å². The number of benzene rings is 3. The van der Waals surface area contributed by atoms with Crippen LogP contribution in [0, 0.1) is 17.3 Å². The first-order valence-electron chi connectivity index (χ1n) is 10.4. The molecule has 3 rings (SSSR count). The van der Waals surface area contributed by atoms with Crippen LogP contribution in [0.25, 0.3) is 0 Å². The number of phenols is 1. The van der Waals surface area contributed by atoms with Crippen molar-refractivity contribution in [3.05, 3.63) is 102 Å². The second-order valence-corrected chi connectivity index (χ2v) is 9.17. The smallest absolute Gasteiger partial charge is 0.337 e. The van der Waals surface area contributed by atoms with Crippen molar-refractivity contribution in [2.75, 3.05) is 10.0 Å². The van der Waals surface area contributed by atoms with Crippen LogP contribution in [-0.4, -0.2) is 36.2 Å². The number of carbonyl (C=O) groups excluding carboxylic acids is 1. The molecule has 3 aromatic rings. The number of aromatic hydroxyl groups is 1. The Kier molecular flexibility index (Phi) is 7.89. The van der Waals surface area contributed by atoms with Gasteiger partial charge >= 0.3 is 5.97 Å². The zero-order chi connectivity index (χ0) is 26.3. The summed E-state index contributed by atoms with van der Waals surface area (Å²) < 4.78 is 27.2. The maximum atomic E-state index is 12.6. The van der Waals surface area contributed by atoms with E-state index in [0.29, 0.717) is 11.1 Å². The average Bonchev–Trinajstić information content (AvgIpc) is 2.83. The van der Waals surface area contributed by atoms with E-state index in [2.05, 4.69) is 28.5 Å². The van der Waals surface area contributed by atoms with Crippen LogP contribution in [0.4, 0.5) is 11.4 Å². The highest BCUT2D eigenvalue weighted by Crippen LogP contribution is 2.25. The maximum Gasteiger partial charge on any atom is 0.337 e. The third kappa shape index (κ3) is 6.59. The first-order valence-corrected chi connectivity index (χ1v) is 12.0. The van der Waals surface area contributed by atoms with Crippen molar-refractivity contribution in [2.45, 2.75) is 5.75 Å². The summed E-state index contributed by atoms with van der Waals surface area (Å²) in [5.74, 6) is 2.21. The Morgan fingerprint density at radius 2 is 1.75 bits per heavy atom. The Morgan fingerprint density at radius 1 is 1.03 bits per heavy atom. The Bertz CT molecular complexity index is 1520. The molecule has 10 heteroatoms. The Labute approximate surface area is 207 Å². The summed E-state index contributed by atoms with van der Waals surface area (Å²) in [7, 11) is -3.78.